The summed E-state index contributed by atoms with van der Waals surface area (Å²) >= 11 is 0. The fourth-order valence-corrected chi connectivity index (χ4v) is 2.46. The van der Waals surface area contributed by atoms with Crippen molar-refractivity contribution in [2.75, 3.05) is 5.32 Å². The second-order valence-corrected chi connectivity index (χ2v) is 4.91. The molecule has 0 saturated heterocycles. The van der Waals surface area contributed by atoms with E-state index in [1.165, 1.54) is 33.6 Å². The molecule has 0 aliphatic rings. The van der Waals surface area contributed by atoms with E-state index in [4.69, 9.17) is 0 Å². The smallest absolute Gasteiger partial charge is 0.0443 e. The van der Waals surface area contributed by atoms with Gasteiger partial charge in [-0.3, -0.25) is 0 Å². The van der Waals surface area contributed by atoms with Crippen molar-refractivity contribution in [3.63, 3.8) is 0 Å². The zero-order valence-electron chi connectivity index (χ0n) is 11.7. The second-order valence-electron chi connectivity index (χ2n) is 4.91. The first kappa shape index (κ1) is 12.7. The summed E-state index contributed by atoms with van der Waals surface area (Å²) in [5.41, 5.74) is 7.74. The van der Waals surface area contributed by atoms with Crippen LogP contribution < -0.4 is 5.32 Å². The van der Waals surface area contributed by atoms with Crippen molar-refractivity contribution in [1.82, 2.24) is 0 Å². The quantitative estimate of drug-likeness (QED) is 0.801. The van der Waals surface area contributed by atoms with Gasteiger partial charge in [0.2, 0.25) is 0 Å². The number of hydrogen-bond donors (Lipinski definition) is 1. The maximum Gasteiger partial charge on any atom is 0.0443 e. The predicted molar refractivity (Wildman–Crippen MR) is 79.8 cm³/mol. The molecule has 18 heavy (non-hydrogen) atoms. The van der Waals surface area contributed by atoms with Gasteiger partial charge < -0.3 is 5.32 Å². The van der Waals surface area contributed by atoms with Crippen LogP contribution in [0.2, 0.25) is 0 Å². The van der Waals surface area contributed by atoms with E-state index in [1.807, 2.05) is 0 Å². The molecule has 0 radical (unpaired) electrons. The molecule has 0 aliphatic carbocycles. The van der Waals surface area contributed by atoms with Gasteiger partial charge in [-0.25, -0.2) is 0 Å². The van der Waals surface area contributed by atoms with Crippen LogP contribution in [-0.4, -0.2) is 0 Å². The molecular weight excluding hydrogens is 218 g/mol. The van der Waals surface area contributed by atoms with E-state index in [2.05, 4.69) is 69.4 Å². The Bertz CT molecular complexity index is 532. The Morgan fingerprint density at radius 2 is 1.56 bits per heavy atom. The van der Waals surface area contributed by atoms with Crippen LogP contribution in [0.1, 0.15) is 29.2 Å². The van der Waals surface area contributed by atoms with Gasteiger partial charge in [-0.15, -0.1) is 0 Å². The fourth-order valence-electron chi connectivity index (χ4n) is 2.46. The lowest BCUT2D eigenvalue weighted by Gasteiger charge is -2.16. The van der Waals surface area contributed by atoms with Gasteiger partial charge in [0.05, 0.1) is 0 Å². The number of anilines is 2. The maximum absolute atomic E-state index is 3.59. The Labute approximate surface area is 110 Å². The maximum atomic E-state index is 3.59. The first-order valence-electron chi connectivity index (χ1n) is 6.54. The highest BCUT2D eigenvalue weighted by molar-refractivity contribution is 5.69. The summed E-state index contributed by atoms with van der Waals surface area (Å²) < 4.78 is 0. The molecule has 0 unspecified atom stereocenters. The number of aryl methyl sites for hydroxylation is 4. The molecule has 0 amide bonds. The molecule has 94 valence electrons. The first-order valence-corrected chi connectivity index (χ1v) is 6.54. The average molecular weight is 239 g/mol. The van der Waals surface area contributed by atoms with Gasteiger partial charge in [0.15, 0.2) is 0 Å². The van der Waals surface area contributed by atoms with Crippen molar-refractivity contribution in [2.24, 2.45) is 0 Å². The van der Waals surface area contributed by atoms with Crippen LogP contribution in [0.5, 0.6) is 0 Å². The number of nitrogens with one attached hydrogen (secondary N) is 1. The Morgan fingerprint density at radius 3 is 2.17 bits per heavy atom. The molecule has 0 bridgehead atoms. The average Bonchev–Trinajstić information content (AvgIpc) is 2.34. The lowest BCUT2D eigenvalue weighted by atomic mass is 10.0. The molecule has 2 aromatic carbocycles. The van der Waals surface area contributed by atoms with Crippen LogP contribution in [0.15, 0.2) is 36.4 Å². The third kappa shape index (κ3) is 2.56. The van der Waals surface area contributed by atoms with Gasteiger partial charge in [0.1, 0.15) is 0 Å². The molecule has 0 spiro atoms. The van der Waals surface area contributed by atoms with E-state index >= 15 is 0 Å². The molecule has 2 aromatic rings. The normalized spacial score (nSPS) is 10.4. The fraction of sp³-hybridized carbons (Fsp3) is 0.294. The number of para-hydroxylation sites is 1. The van der Waals surface area contributed by atoms with Gasteiger partial charge >= 0.3 is 0 Å². The molecule has 0 heterocycles. The SMILES string of the molecule is CCc1ccccc1Nc1c(C)cc(C)cc1C. The largest absolute Gasteiger partial charge is 0.355 e. The van der Waals surface area contributed by atoms with Crippen molar-refractivity contribution in [3.8, 4) is 0 Å². The molecule has 0 aromatic heterocycles. The summed E-state index contributed by atoms with van der Waals surface area (Å²) in [5, 5.41) is 3.59. The number of hydrogen-bond acceptors (Lipinski definition) is 1. The van der Waals surface area contributed by atoms with Crippen molar-refractivity contribution in [3.05, 3.63) is 58.7 Å². The van der Waals surface area contributed by atoms with Crippen LogP contribution in [-0.2, 0) is 6.42 Å². The van der Waals surface area contributed by atoms with Gasteiger partial charge in [-0.1, -0.05) is 42.8 Å². The van der Waals surface area contributed by atoms with Crippen molar-refractivity contribution in [1.29, 1.82) is 0 Å². The van der Waals surface area contributed by atoms with E-state index < -0.39 is 0 Å². The second kappa shape index (κ2) is 5.26. The summed E-state index contributed by atoms with van der Waals surface area (Å²) in [6.07, 6.45) is 1.05. The zero-order valence-corrected chi connectivity index (χ0v) is 11.7. The summed E-state index contributed by atoms with van der Waals surface area (Å²) in [7, 11) is 0. The molecule has 0 fully saturated rings. The highest BCUT2D eigenvalue weighted by Gasteiger charge is 2.06. The number of benzene rings is 2. The third-order valence-electron chi connectivity index (χ3n) is 3.33. The third-order valence-corrected chi connectivity index (χ3v) is 3.33. The molecule has 1 N–H and O–H groups in total. The molecule has 1 nitrogen and oxygen atoms in total. The lowest BCUT2D eigenvalue weighted by Crippen LogP contribution is -1.99. The molecule has 2 rings (SSSR count). The summed E-state index contributed by atoms with van der Waals surface area (Å²) in [5.74, 6) is 0. The van der Waals surface area contributed by atoms with Crippen LogP contribution in [0, 0.1) is 20.8 Å². The van der Waals surface area contributed by atoms with Crippen LogP contribution in [0.4, 0.5) is 11.4 Å². The minimum Gasteiger partial charge on any atom is -0.355 e. The first-order chi connectivity index (χ1) is 8.61. The van der Waals surface area contributed by atoms with Crippen LogP contribution >= 0.6 is 0 Å². The predicted octanol–water partition coefficient (Wildman–Crippen LogP) is 4.92. The molecule has 0 atom stereocenters. The van der Waals surface area contributed by atoms with Gasteiger partial charge in [-0.05, 0) is 49.9 Å². The van der Waals surface area contributed by atoms with E-state index in [0.29, 0.717) is 0 Å². The minimum absolute atomic E-state index is 1.05. The summed E-state index contributed by atoms with van der Waals surface area (Å²) in [4.78, 5) is 0. The van der Waals surface area contributed by atoms with Gasteiger partial charge in [-0.2, -0.15) is 0 Å². The Morgan fingerprint density at radius 1 is 0.944 bits per heavy atom. The van der Waals surface area contributed by atoms with E-state index in [1.54, 1.807) is 0 Å². The Kier molecular flexibility index (Phi) is 3.71. The minimum atomic E-state index is 1.05. The summed E-state index contributed by atoms with van der Waals surface area (Å²) in [6, 6.07) is 13.0. The monoisotopic (exact) mass is 239 g/mol. The van der Waals surface area contributed by atoms with Gasteiger partial charge in [0, 0.05) is 11.4 Å². The standard InChI is InChI=1S/C17H21N/c1-5-15-8-6-7-9-16(15)18-17-13(3)10-12(2)11-14(17)4/h6-11,18H,5H2,1-4H3. The Balaban J connectivity index is 2.40. The molecule has 0 aliphatic heterocycles. The van der Waals surface area contributed by atoms with Crippen LogP contribution in [0.3, 0.4) is 0 Å². The lowest BCUT2D eigenvalue weighted by molar-refractivity contribution is 1.14. The molecule has 0 saturated carbocycles. The highest BCUT2D eigenvalue weighted by atomic mass is 14.9. The zero-order chi connectivity index (χ0) is 13.1. The van der Waals surface area contributed by atoms with E-state index in [0.717, 1.165) is 6.42 Å². The molecule has 1 heteroatoms. The van der Waals surface area contributed by atoms with E-state index in [9.17, 15) is 0 Å². The topological polar surface area (TPSA) is 12.0 Å². The van der Waals surface area contributed by atoms with Crippen molar-refractivity contribution < 1.29 is 0 Å². The number of rotatable bonds is 3. The van der Waals surface area contributed by atoms with Crippen LogP contribution in [0.25, 0.3) is 0 Å². The highest BCUT2D eigenvalue weighted by Crippen LogP contribution is 2.27. The van der Waals surface area contributed by atoms with Gasteiger partial charge in [0.25, 0.3) is 0 Å². The van der Waals surface area contributed by atoms with Crippen molar-refractivity contribution in [2.45, 2.75) is 34.1 Å². The molecular formula is C17H21N. The van der Waals surface area contributed by atoms with E-state index in [-0.39, 0.29) is 0 Å². The Hall–Kier alpha value is -1.76. The summed E-state index contributed by atoms with van der Waals surface area (Å²) in [6.45, 7) is 8.66. The van der Waals surface area contributed by atoms with Crippen molar-refractivity contribution >= 4 is 11.4 Å².